The second-order valence-electron chi connectivity index (χ2n) is 5.14. The van der Waals surface area contributed by atoms with Crippen LogP contribution in [0.3, 0.4) is 0 Å². The van der Waals surface area contributed by atoms with Gasteiger partial charge in [-0.1, -0.05) is 50.6 Å². The van der Waals surface area contributed by atoms with Crippen molar-refractivity contribution in [2.24, 2.45) is 0 Å². The Morgan fingerprint density at radius 3 is 2.33 bits per heavy atom. The zero-order valence-electron chi connectivity index (χ0n) is 10.7. The Morgan fingerprint density at radius 2 is 1.72 bits per heavy atom. The summed E-state index contributed by atoms with van der Waals surface area (Å²) in [6.07, 6.45) is 0. The largest absolute Gasteiger partial charge is 0.324 e. The fourth-order valence-electron chi connectivity index (χ4n) is 1.51. The highest BCUT2D eigenvalue weighted by molar-refractivity contribution is 6.29. The predicted octanol–water partition coefficient (Wildman–Crippen LogP) is 4.17. The van der Waals surface area contributed by atoms with Crippen molar-refractivity contribution >= 4 is 23.2 Å². The molecule has 4 heteroatoms. The molecule has 0 saturated carbocycles. The zero-order valence-corrected chi connectivity index (χ0v) is 11.5. The zero-order chi connectivity index (χ0) is 13.2. The fourth-order valence-corrected chi connectivity index (χ4v) is 1.69. The lowest BCUT2D eigenvalue weighted by Gasteiger charge is -2.18. The molecule has 1 aromatic heterocycles. The van der Waals surface area contributed by atoms with Gasteiger partial charge in [-0.2, -0.15) is 0 Å². The molecule has 0 aliphatic rings. The third kappa shape index (κ3) is 3.20. The summed E-state index contributed by atoms with van der Waals surface area (Å²) < 4.78 is 0. The monoisotopic (exact) mass is 261 g/mol. The van der Waals surface area contributed by atoms with Gasteiger partial charge in [0.15, 0.2) is 0 Å². The minimum absolute atomic E-state index is 0.0559. The van der Waals surface area contributed by atoms with Crippen LogP contribution in [0.25, 0.3) is 0 Å². The molecule has 2 rings (SSSR count). The van der Waals surface area contributed by atoms with E-state index < -0.39 is 0 Å². The van der Waals surface area contributed by atoms with Crippen LogP contribution in [-0.2, 0) is 5.41 Å². The molecule has 0 aliphatic carbocycles. The standard InChI is InChI=1S/C14H16ClN3/c1-14(2,3)11-9-12(15)18-13(17-11)16-10-7-5-4-6-8-10/h4-9H,1-3H3,(H,16,17,18). The maximum Gasteiger partial charge on any atom is 0.228 e. The van der Waals surface area contributed by atoms with Gasteiger partial charge in [-0.25, -0.2) is 9.97 Å². The molecule has 0 amide bonds. The van der Waals surface area contributed by atoms with Gasteiger partial charge in [-0.05, 0) is 18.2 Å². The highest BCUT2D eigenvalue weighted by Gasteiger charge is 2.17. The van der Waals surface area contributed by atoms with Gasteiger partial charge in [0.25, 0.3) is 0 Å². The van der Waals surface area contributed by atoms with Crippen LogP contribution in [0.4, 0.5) is 11.6 Å². The molecule has 1 heterocycles. The van der Waals surface area contributed by atoms with Crippen LogP contribution in [0.15, 0.2) is 36.4 Å². The number of nitrogens with zero attached hydrogens (tertiary/aromatic N) is 2. The van der Waals surface area contributed by atoms with E-state index in [1.54, 1.807) is 6.07 Å². The van der Waals surface area contributed by atoms with Crippen LogP contribution in [0.2, 0.25) is 5.15 Å². The number of aromatic nitrogens is 2. The van der Waals surface area contributed by atoms with Crippen molar-refractivity contribution in [3.8, 4) is 0 Å². The van der Waals surface area contributed by atoms with Crippen LogP contribution in [-0.4, -0.2) is 9.97 Å². The second-order valence-corrected chi connectivity index (χ2v) is 5.53. The predicted molar refractivity (Wildman–Crippen MR) is 75.5 cm³/mol. The quantitative estimate of drug-likeness (QED) is 0.825. The van der Waals surface area contributed by atoms with E-state index in [1.165, 1.54) is 0 Å². The maximum atomic E-state index is 6.03. The van der Waals surface area contributed by atoms with Crippen LogP contribution in [0.5, 0.6) is 0 Å². The molecular weight excluding hydrogens is 246 g/mol. The molecule has 0 aliphatic heterocycles. The summed E-state index contributed by atoms with van der Waals surface area (Å²) in [4.78, 5) is 8.68. The molecule has 3 nitrogen and oxygen atoms in total. The van der Waals surface area contributed by atoms with E-state index in [-0.39, 0.29) is 5.41 Å². The van der Waals surface area contributed by atoms with E-state index in [4.69, 9.17) is 11.6 Å². The van der Waals surface area contributed by atoms with Crippen molar-refractivity contribution in [1.29, 1.82) is 0 Å². The Morgan fingerprint density at radius 1 is 1.06 bits per heavy atom. The molecule has 0 atom stereocenters. The lowest BCUT2D eigenvalue weighted by atomic mass is 9.92. The average Bonchev–Trinajstić information content (AvgIpc) is 2.28. The number of hydrogen-bond donors (Lipinski definition) is 1. The van der Waals surface area contributed by atoms with Crippen LogP contribution < -0.4 is 5.32 Å². The number of nitrogens with one attached hydrogen (secondary N) is 1. The molecule has 0 radical (unpaired) electrons. The molecule has 0 saturated heterocycles. The summed E-state index contributed by atoms with van der Waals surface area (Å²) >= 11 is 6.03. The van der Waals surface area contributed by atoms with Gasteiger partial charge in [0.2, 0.25) is 5.95 Å². The SMILES string of the molecule is CC(C)(C)c1cc(Cl)nc(Nc2ccccc2)n1. The van der Waals surface area contributed by atoms with Crippen molar-refractivity contribution in [1.82, 2.24) is 9.97 Å². The first-order valence-electron chi connectivity index (χ1n) is 5.82. The van der Waals surface area contributed by atoms with E-state index in [0.717, 1.165) is 11.4 Å². The van der Waals surface area contributed by atoms with Gasteiger partial charge in [-0.3, -0.25) is 0 Å². The number of para-hydroxylation sites is 1. The van der Waals surface area contributed by atoms with E-state index in [9.17, 15) is 0 Å². The third-order valence-electron chi connectivity index (χ3n) is 2.49. The minimum Gasteiger partial charge on any atom is -0.324 e. The number of anilines is 2. The van der Waals surface area contributed by atoms with Crippen molar-refractivity contribution < 1.29 is 0 Å². The number of benzene rings is 1. The molecule has 0 unspecified atom stereocenters. The van der Waals surface area contributed by atoms with E-state index in [0.29, 0.717) is 11.1 Å². The molecule has 2 aromatic rings. The molecular formula is C14H16ClN3. The van der Waals surface area contributed by atoms with Crippen molar-refractivity contribution in [2.75, 3.05) is 5.32 Å². The lowest BCUT2D eigenvalue weighted by Crippen LogP contribution is -2.15. The Bertz CT molecular complexity index is 532. The van der Waals surface area contributed by atoms with Gasteiger partial charge in [-0.15, -0.1) is 0 Å². The van der Waals surface area contributed by atoms with E-state index >= 15 is 0 Å². The van der Waals surface area contributed by atoms with Crippen molar-refractivity contribution in [3.63, 3.8) is 0 Å². The van der Waals surface area contributed by atoms with Gasteiger partial charge < -0.3 is 5.32 Å². The number of halogens is 1. The molecule has 18 heavy (non-hydrogen) atoms. The summed E-state index contributed by atoms with van der Waals surface area (Å²) in [5, 5.41) is 3.60. The molecule has 1 aromatic carbocycles. The van der Waals surface area contributed by atoms with E-state index in [1.807, 2.05) is 30.3 Å². The highest BCUT2D eigenvalue weighted by atomic mass is 35.5. The first-order valence-corrected chi connectivity index (χ1v) is 6.20. The fraction of sp³-hybridized carbons (Fsp3) is 0.286. The summed E-state index contributed by atoms with van der Waals surface area (Å²) in [5.41, 5.74) is 1.81. The number of hydrogen-bond acceptors (Lipinski definition) is 3. The summed E-state index contributed by atoms with van der Waals surface area (Å²) in [6.45, 7) is 6.29. The van der Waals surface area contributed by atoms with Crippen LogP contribution in [0.1, 0.15) is 26.5 Å². The normalized spacial score (nSPS) is 11.3. The van der Waals surface area contributed by atoms with Gasteiger partial charge in [0.1, 0.15) is 5.15 Å². The van der Waals surface area contributed by atoms with Gasteiger partial charge >= 0.3 is 0 Å². The van der Waals surface area contributed by atoms with Crippen LogP contribution >= 0.6 is 11.6 Å². The second kappa shape index (κ2) is 4.94. The highest BCUT2D eigenvalue weighted by Crippen LogP contribution is 2.24. The molecule has 94 valence electrons. The Hall–Kier alpha value is -1.61. The smallest absolute Gasteiger partial charge is 0.228 e. The third-order valence-corrected chi connectivity index (χ3v) is 2.69. The molecule has 0 fully saturated rings. The topological polar surface area (TPSA) is 37.8 Å². The maximum absolute atomic E-state index is 6.03. The Kier molecular flexibility index (Phi) is 3.53. The molecule has 0 spiro atoms. The van der Waals surface area contributed by atoms with Gasteiger partial charge in [0.05, 0.1) is 5.69 Å². The van der Waals surface area contributed by atoms with Crippen LogP contribution in [0, 0.1) is 0 Å². The molecule has 0 bridgehead atoms. The van der Waals surface area contributed by atoms with Gasteiger partial charge in [0, 0.05) is 11.1 Å². The lowest BCUT2D eigenvalue weighted by molar-refractivity contribution is 0.568. The summed E-state index contributed by atoms with van der Waals surface area (Å²) in [6, 6.07) is 11.6. The molecule has 1 N–H and O–H groups in total. The Labute approximate surface area is 112 Å². The number of rotatable bonds is 2. The summed E-state index contributed by atoms with van der Waals surface area (Å²) in [7, 11) is 0. The summed E-state index contributed by atoms with van der Waals surface area (Å²) in [5.74, 6) is 0.527. The minimum atomic E-state index is -0.0559. The first-order chi connectivity index (χ1) is 8.45. The van der Waals surface area contributed by atoms with Crippen molar-refractivity contribution in [2.45, 2.75) is 26.2 Å². The van der Waals surface area contributed by atoms with Crippen molar-refractivity contribution in [3.05, 3.63) is 47.2 Å². The first kappa shape index (κ1) is 12.8. The average molecular weight is 262 g/mol. The van der Waals surface area contributed by atoms with E-state index in [2.05, 4.69) is 36.1 Å². The Balaban J connectivity index is 2.32.